The number of ether oxygens (including phenoxy) is 2. The summed E-state index contributed by atoms with van der Waals surface area (Å²) in [5, 5.41) is 13.0. The predicted octanol–water partition coefficient (Wildman–Crippen LogP) is 1.71. The summed E-state index contributed by atoms with van der Waals surface area (Å²) in [5.74, 6) is 0.174. The maximum Gasteiger partial charge on any atom is 0.336 e. The predicted molar refractivity (Wildman–Crippen MR) is 98.4 cm³/mol. The molecule has 2 heterocycles. The van der Waals surface area contributed by atoms with E-state index in [4.69, 9.17) is 13.9 Å². The van der Waals surface area contributed by atoms with E-state index in [1.165, 1.54) is 6.07 Å². The zero-order valence-electron chi connectivity index (χ0n) is 15.3. The van der Waals surface area contributed by atoms with Crippen molar-refractivity contribution >= 4 is 11.0 Å². The Hall–Kier alpha value is -1.89. The quantitative estimate of drug-likeness (QED) is 0.524. The molecule has 1 atom stereocenters. The summed E-state index contributed by atoms with van der Waals surface area (Å²) in [5.41, 5.74) is 1.85. The monoisotopic (exact) mass is 362 g/mol. The Labute approximate surface area is 153 Å². The number of hydrogen-bond acceptors (Lipinski definition) is 5. The molecule has 0 spiro atoms. The summed E-state index contributed by atoms with van der Waals surface area (Å²) < 4.78 is 16.4. The van der Waals surface area contributed by atoms with Crippen LogP contribution in [0.15, 0.2) is 27.4 Å². The zero-order chi connectivity index (χ0) is 18.4. The number of aromatic hydroxyl groups is 1. The Bertz CT molecular complexity index is 780. The Morgan fingerprint density at radius 1 is 1.31 bits per heavy atom. The molecular formula is C20H28NO5+. The summed E-state index contributed by atoms with van der Waals surface area (Å²) in [4.78, 5) is 11.8. The van der Waals surface area contributed by atoms with Gasteiger partial charge in [-0.3, -0.25) is 0 Å². The van der Waals surface area contributed by atoms with Crippen LogP contribution in [0.25, 0.3) is 11.0 Å². The van der Waals surface area contributed by atoms with E-state index in [0.29, 0.717) is 18.7 Å². The molecule has 26 heavy (non-hydrogen) atoms. The number of rotatable bonds is 9. The molecule has 142 valence electrons. The van der Waals surface area contributed by atoms with Crippen LogP contribution < -0.4 is 10.9 Å². The highest BCUT2D eigenvalue weighted by atomic mass is 16.5. The van der Waals surface area contributed by atoms with Crippen LogP contribution in [-0.4, -0.2) is 37.6 Å². The number of hydrogen-bond donors (Lipinski definition) is 2. The van der Waals surface area contributed by atoms with Crippen LogP contribution in [0.5, 0.6) is 5.75 Å². The molecule has 1 aliphatic rings. The number of benzene rings is 1. The lowest BCUT2D eigenvalue weighted by molar-refractivity contribution is -0.670. The van der Waals surface area contributed by atoms with Gasteiger partial charge in [0.25, 0.3) is 0 Å². The zero-order valence-corrected chi connectivity index (χ0v) is 15.3. The van der Waals surface area contributed by atoms with Gasteiger partial charge in [-0.2, -0.15) is 0 Å². The third kappa shape index (κ3) is 4.84. The minimum absolute atomic E-state index is 0.174. The number of fused-ring (bicyclic) bond motifs is 1. The molecule has 3 rings (SSSR count). The van der Waals surface area contributed by atoms with Crippen LogP contribution in [0.3, 0.4) is 0 Å². The largest absolute Gasteiger partial charge is 0.508 e. The van der Waals surface area contributed by atoms with Gasteiger partial charge in [0.1, 0.15) is 17.9 Å². The molecule has 2 aromatic rings. The Morgan fingerprint density at radius 2 is 2.19 bits per heavy atom. The van der Waals surface area contributed by atoms with Crippen molar-refractivity contribution in [2.24, 2.45) is 0 Å². The van der Waals surface area contributed by atoms with Crippen molar-refractivity contribution in [3.63, 3.8) is 0 Å². The Morgan fingerprint density at radius 3 is 2.96 bits per heavy atom. The molecule has 0 radical (unpaired) electrons. The standard InChI is InChI=1S/C20H27NO5/c1-2-14-9-17-15(10-20(23)26-19(17)11-18(14)22)12-21-6-4-7-24-13-16-5-3-8-25-16/h9-11,16,21-22H,2-8,12-13H2,1H3/p+1/t16-/m0/s1. The van der Waals surface area contributed by atoms with Crippen molar-refractivity contribution in [2.45, 2.75) is 45.3 Å². The van der Waals surface area contributed by atoms with Crippen LogP contribution in [0, 0.1) is 0 Å². The van der Waals surface area contributed by atoms with Crippen molar-refractivity contribution in [2.75, 3.05) is 26.4 Å². The topological polar surface area (TPSA) is 85.5 Å². The van der Waals surface area contributed by atoms with E-state index in [-0.39, 0.29) is 17.5 Å². The van der Waals surface area contributed by atoms with Crippen molar-refractivity contribution in [1.29, 1.82) is 0 Å². The van der Waals surface area contributed by atoms with Crippen LogP contribution in [0.4, 0.5) is 0 Å². The highest BCUT2D eigenvalue weighted by Crippen LogP contribution is 2.26. The number of phenolic OH excluding ortho intramolecular Hbond substituents is 1. The number of nitrogens with two attached hydrogens (primary N) is 1. The van der Waals surface area contributed by atoms with E-state index < -0.39 is 0 Å². The lowest BCUT2D eigenvalue weighted by atomic mass is 10.0. The SMILES string of the molecule is CCc1cc2c(C[NH2+]CCCOC[C@@H]3CCCO3)cc(=O)oc2cc1O. The van der Waals surface area contributed by atoms with Gasteiger partial charge in [0.15, 0.2) is 0 Å². The minimum Gasteiger partial charge on any atom is -0.508 e. The van der Waals surface area contributed by atoms with E-state index >= 15 is 0 Å². The average molecular weight is 362 g/mol. The van der Waals surface area contributed by atoms with Gasteiger partial charge in [-0.15, -0.1) is 0 Å². The third-order valence-corrected chi connectivity index (χ3v) is 4.80. The summed E-state index contributed by atoms with van der Waals surface area (Å²) in [6, 6.07) is 5.00. The highest BCUT2D eigenvalue weighted by molar-refractivity contribution is 5.82. The molecule has 3 N–H and O–H groups in total. The second-order valence-corrected chi connectivity index (χ2v) is 6.77. The molecule has 1 fully saturated rings. The van der Waals surface area contributed by atoms with E-state index in [2.05, 4.69) is 5.32 Å². The molecule has 0 saturated carbocycles. The molecule has 1 aliphatic heterocycles. The summed E-state index contributed by atoms with van der Waals surface area (Å²) in [7, 11) is 0. The van der Waals surface area contributed by atoms with Gasteiger partial charge in [-0.05, 0) is 30.9 Å². The van der Waals surface area contributed by atoms with E-state index in [1.54, 1.807) is 6.07 Å². The van der Waals surface area contributed by atoms with Crippen molar-refractivity contribution in [1.82, 2.24) is 0 Å². The molecule has 6 heteroatoms. The van der Waals surface area contributed by atoms with Crippen LogP contribution in [0.1, 0.15) is 37.3 Å². The molecule has 0 aliphatic carbocycles. The first kappa shape index (κ1) is 18.9. The van der Waals surface area contributed by atoms with Crippen molar-refractivity contribution in [3.05, 3.63) is 39.7 Å². The summed E-state index contributed by atoms with van der Waals surface area (Å²) >= 11 is 0. The third-order valence-electron chi connectivity index (χ3n) is 4.80. The molecule has 0 bridgehead atoms. The van der Waals surface area contributed by atoms with Gasteiger partial charge >= 0.3 is 5.63 Å². The lowest BCUT2D eigenvalue weighted by Gasteiger charge is -2.10. The first-order chi connectivity index (χ1) is 12.7. The first-order valence-corrected chi connectivity index (χ1v) is 9.47. The Kier molecular flexibility index (Phi) is 6.66. The van der Waals surface area contributed by atoms with Crippen LogP contribution in [0.2, 0.25) is 0 Å². The normalized spacial score (nSPS) is 17.2. The highest BCUT2D eigenvalue weighted by Gasteiger charge is 2.15. The second kappa shape index (κ2) is 9.16. The molecule has 6 nitrogen and oxygen atoms in total. The van der Waals surface area contributed by atoms with Gasteiger partial charge in [0.05, 0.1) is 25.9 Å². The average Bonchev–Trinajstić information content (AvgIpc) is 3.13. The summed E-state index contributed by atoms with van der Waals surface area (Å²) in [6.07, 6.45) is 4.20. The maximum absolute atomic E-state index is 11.8. The van der Waals surface area contributed by atoms with Crippen molar-refractivity contribution in [3.8, 4) is 5.75 Å². The fraction of sp³-hybridized carbons (Fsp3) is 0.550. The van der Waals surface area contributed by atoms with E-state index in [0.717, 1.165) is 62.0 Å². The van der Waals surface area contributed by atoms with E-state index in [9.17, 15) is 9.90 Å². The molecule has 1 aromatic carbocycles. The molecular weight excluding hydrogens is 334 g/mol. The van der Waals surface area contributed by atoms with Crippen molar-refractivity contribution < 1.29 is 24.3 Å². The maximum atomic E-state index is 11.8. The molecule has 1 saturated heterocycles. The van der Waals surface area contributed by atoms with Crippen LogP contribution in [-0.2, 0) is 22.4 Å². The van der Waals surface area contributed by atoms with Gasteiger partial charge in [-0.1, -0.05) is 6.92 Å². The Balaban J connectivity index is 1.50. The van der Waals surface area contributed by atoms with Gasteiger partial charge in [0.2, 0.25) is 0 Å². The molecule has 1 aromatic heterocycles. The fourth-order valence-corrected chi connectivity index (χ4v) is 3.34. The van der Waals surface area contributed by atoms with E-state index in [1.807, 2.05) is 13.0 Å². The first-order valence-electron chi connectivity index (χ1n) is 9.47. The number of aryl methyl sites for hydroxylation is 1. The lowest BCUT2D eigenvalue weighted by Crippen LogP contribution is -2.82. The molecule has 0 amide bonds. The number of phenols is 1. The number of quaternary nitrogens is 1. The second-order valence-electron chi connectivity index (χ2n) is 6.77. The smallest absolute Gasteiger partial charge is 0.336 e. The van der Waals surface area contributed by atoms with Crippen LogP contribution >= 0.6 is 0 Å². The fourth-order valence-electron chi connectivity index (χ4n) is 3.34. The summed E-state index contributed by atoms with van der Waals surface area (Å²) in [6.45, 7) is 5.88. The van der Waals surface area contributed by atoms with Gasteiger partial charge in [0, 0.05) is 36.1 Å². The minimum atomic E-state index is -0.385. The molecule has 0 unspecified atom stereocenters. The van der Waals surface area contributed by atoms with Gasteiger partial charge in [-0.25, -0.2) is 4.79 Å². The van der Waals surface area contributed by atoms with Gasteiger partial charge < -0.3 is 24.3 Å².